The lowest BCUT2D eigenvalue weighted by atomic mass is 9.98. The molecule has 0 bridgehead atoms. The maximum Gasteiger partial charge on any atom is 0.303 e. The molecular formula is C29H29ClN2O4. The molecule has 186 valence electrons. The zero-order valence-electron chi connectivity index (χ0n) is 20.2. The molecule has 0 amide bonds. The average molecular weight is 505 g/mol. The first-order chi connectivity index (χ1) is 17.4. The molecule has 2 N–H and O–H groups in total. The van der Waals surface area contributed by atoms with Gasteiger partial charge in [-0.05, 0) is 66.3 Å². The zero-order valence-corrected chi connectivity index (χ0v) is 20.9. The number of halogens is 1. The molecule has 1 heterocycles. The Kier molecular flexibility index (Phi) is 6.88. The third kappa shape index (κ3) is 5.05. The maximum absolute atomic E-state index is 11.0. The molecule has 3 aromatic carbocycles. The summed E-state index contributed by atoms with van der Waals surface area (Å²) in [6.45, 7) is 2.32. The van der Waals surface area contributed by atoms with E-state index in [1.165, 1.54) is 12.8 Å². The highest BCUT2D eigenvalue weighted by Crippen LogP contribution is 2.39. The number of ether oxygens (including phenoxy) is 1. The summed E-state index contributed by atoms with van der Waals surface area (Å²) in [6.07, 6.45) is 4.71. The Morgan fingerprint density at radius 3 is 2.56 bits per heavy atom. The number of aromatic hydroxyl groups is 1. The zero-order chi connectivity index (χ0) is 25.2. The lowest BCUT2D eigenvalue weighted by molar-refractivity contribution is -0.137. The van der Waals surface area contributed by atoms with Crippen LogP contribution in [-0.4, -0.2) is 26.0 Å². The second-order valence-electron chi connectivity index (χ2n) is 9.60. The van der Waals surface area contributed by atoms with Crippen LogP contribution in [-0.2, 0) is 11.4 Å². The van der Waals surface area contributed by atoms with Crippen molar-refractivity contribution in [2.75, 3.05) is 0 Å². The quantitative estimate of drug-likeness (QED) is 0.262. The van der Waals surface area contributed by atoms with E-state index in [1.54, 1.807) is 12.1 Å². The van der Waals surface area contributed by atoms with Crippen LogP contribution in [0.25, 0.3) is 22.2 Å². The van der Waals surface area contributed by atoms with Gasteiger partial charge in [0.25, 0.3) is 0 Å². The minimum Gasteiger partial charge on any atom is -0.508 e. The van der Waals surface area contributed by atoms with Gasteiger partial charge in [0.15, 0.2) is 0 Å². The molecule has 5 rings (SSSR count). The Labute approximate surface area is 215 Å². The van der Waals surface area contributed by atoms with E-state index in [2.05, 4.69) is 16.8 Å². The molecule has 0 aliphatic heterocycles. The minimum atomic E-state index is -0.800. The van der Waals surface area contributed by atoms with Crippen molar-refractivity contribution in [2.45, 2.75) is 57.6 Å². The number of phenolic OH excluding ortho intramolecular Hbond substituents is 1. The Bertz CT molecular complexity index is 1390. The molecular weight excluding hydrogens is 476 g/mol. The fourth-order valence-corrected chi connectivity index (χ4v) is 5.30. The van der Waals surface area contributed by atoms with Gasteiger partial charge < -0.3 is 14.9 Å². The van der Waals surface area contributed by atoms with E-state index in [-0.39, 0.29) is 18.1 Å². The first-order valence-electron chi connectivity index (χ1n) is 12.3. The normalized spacial score (nSPS) is 14.8. The van der Waals surface area contributed by atoms with Crippen molar-refractivity contribution in [2.24, 2.45) is 0 Å². The van der Waals surface area contributed by atoms with Gasteiger partial charge in [-0.2, -0.15) is 5.10 Å². The molecule has 0 spiro atoms. The van der Waals surface area contributed by atoms with Crippen molar-refractivity contribution in [1.82, 2.24) is 9.78 Å². The number of phenols is 1. The number of hydrogen-bond donors (Lipinski definition) is 2. The van der Waals surface area contributed by atoms with E-state index in [0.717, 1.165) is 51.9 Å². The molecule has 6 nitrogen and oxygen atoms in total. The number of rotatable bonds is 8. The largest absolute Gasteiger partial charge is 0.508 e. The summed E-state index contributed by atoms with van der Waals surface area (Å²) in [5.41, 5.74) is 4.69. The van der Waals surface area contributed by atoms with Crippen molar-refractivity contribution >= 4 is 28.5 Å². The summed E-state index contributed by atoms with van der Waals surface area (Å²) in [5, 5.41) is 25.3. The maximum atomic E-state index is 11.0. The number of carboxylic acids is 1. The van der Waals surface area contributed by atoms with Crippen LogP contribution in [0.5, 0.6) is 11.5 Å². The molecule has 1 atom stereocenters. The number of nitrogens with zero attached hydrogens (tertiary/aromatic N) is 2. The van der Waals surface area contributed by atoms with Gasteiger partial charge in [0.2, 0.25) is 0 Å². The SMILES string of the molecule is C[C@@H](CC(=O)O)c1ccc(OCc2ccc3c(-c4ccc(O)cc4Cl)nn(C4CCCC4)c3c2)cc1. The van der Waals surface area contributed by atoms with Crippen LogP contribution in [0.2, 0.25) is 5.02 Å². The van der Waals surface area contributed by atoms with Gasteiger partial charge in [-0.1, -0.05) is 55.6 Å². The Morgan fingerprint density at radius 2 is 1.86 bits per heavy atom. The fourth-order valence-electron chi connectivity index (χ4n) is 5.03. The van der Waals surface area contributed by atoms with Gasteiger partial charge in [0.1, 0.15) is 23.8 Å². The van der Waals surface area contributed by atoms with E-state index in [9.17, 15) is 9.90 Å². The predicted molar refractivity (Wildman–Crippen MR) is 141 cm³/mol. The van der Waals surface area contributed by atoms with Crippen LogP contribution in [0.15, 0.2) is 60.7 Å². The minimum absolute atomic E-state index is 0.0499. The van der Waals surface area contributed by atoms with Crippen molar-refractivity contribution in [1.29, 1.82) is 0 Å². The third-order valence-corrected chi connectivity index (χ3v) is 7.30. The second kappa shape index (κ2) is 10.2. The molecule has 1 aliphatic carbocycles. The topological polar surface area (TPSA) is 84.6 Å². The monoisotopic (exact) mass is 504 g/mol. The molecule has 36 heavy (non-hydrogen) atoms. The first-order valence-corrected chi connectivity index (χ1v) is 12.7. The standard InChI is InChI=1S/C29H29ClN2O4/c1-18(14-28(34)35)20-7-10-23(11-8-20)36-17-19-6-12-25-27(15-19)32(21-4-2-3-5-21)31-29(25)24-13-9-22(33)16-26(24)30/h6-13,15-16,18,21,33H,2-5,14,17H2,1H3,(H,34,35)/t18-/m0/s1. The third-order valence-electron chi connectivity index (χ3n) is 6.99. The molecule has 1 aromatic heterocycles. The molecule has 1 saturated carbocycles. The van der Waals surface area contributed by atoms with Crippen LogP contribution in [0.1, 0.15) is 62.1 Å². The van der Waals surface area contributed by atoms with Crippen LogP contribution in [0.3, 0.4) is 0 Å². The highest BCUT2D eigenvalue weighted by atomic mass is 35.5. The lowest BCUT2D eigenvalue weighted by Gasteiger charge is -2.13. The molecule has 0 unspecified atom stereocenters. The second-order valence-corrected chi connectivity index (χ2v) is 10.0. The van der Waals surface area contributed by atoms with Crippen LogP contribution >= 0.6 is 11.6 Å². The summed E-state index contributed by atoms with van der Waals surface area (Å²) in [7, 11) is 0. The molecule has 0 saturated heterocycles. The number of fused-ring (bicyclic) bond motifs is 1. The van der Waals surface area contributed by atoms with E-state index in [4.69, 9.17) is 26.5 Å². The van der Waals surface area contributed by atoms with E-state index >= 15 is 0 Å². The van der Waals surface area contributed by atoms with Crippen molar-refractivity contribution in [3.63, 3.8) is 0 Å². The van der Waals surface area contributed by atoms with Crippen molar-refractivity contribution in [3.8, 4) is 22.8 Å². The first kappa shape index (κ1) is 24.2. The van der Waals surface area contributed by atoms with Crippen molar-refractivity contribution in [3.05, 3.63) is 76.8 Å². The van der Waals surface area contributed by atoms with Crippen LogP contribution in [0, 0.1) is 0 Å². The summed E-state index contributed by atoms with van der Waals surface area (Å²) < 4.78 is 8.19. The molecule has 0 radical (unpaired) electrons. The van der Waals surface area contributed by atoms with Crippen LogP contribution < -0.4 is 4.74 Å². The summed E-state index contributed by atoms with van der Waals surface area (Å²) in [5.74, 6) is 0.0198. The van der Waals surface area contributed by atoms with Crippen LogP contribution in [0.4, 0.5) is 0 Å². The summed E-state index contributed by atoms with van der Waals surface area (Å²) >= 11 is 6.48. The Hall–Kier alpha value is -3.51. The number of carboxylic acid groups (broad SMARTS) is 1. The molecule has 7 heteroatoms. The Morgan fingerprint density at radius 1 is 1.11 bits per heavy atom. The van der Waals surface area contributed by atoms with Gasteiger partial charge >= 0.3 is 5.97 Å². The highest BCUT2D eigenvalue weighted by molar-refractivity contribution is 6.33. The highest BCUT2D eigenvalue weighted by Gasteiger charge is 2.23. The smallest absolute Gasteiger partial charge is 0.303 e. The summed E-state index contributed by atoms with van der Waals surface area (Å²) in [4.78, 5) is 11.0. The van der Waals surface area contributed by atoms with Gasteiger partial charge in [-0.15, -0.1) is 0 Å². The predicted octanol–water partition coefficient (Wildman–Crippen LogP) is 7.33. The van der Waals surface area contributed by atoms with Gasteiger partial charge in [0, 0.05) is 10.9 Å². The van der Waals surface area contributed by atoms with E-state index in [1.807, 2.05) is 43.3 Å². The van der Waals surface area contributed by atoms with Gasteiger partial charge in [0.05, 0.1) is 23.0 Å². The average Bonchev–Trinajstić information content (AvgIpc) is 3.51. The number of carbonyl (C=O) groups is 1. The number of hydrogen-bond acceptors (Lipinski definition) is 4. The summed E-state index contributed by atoms with van der Waals surface area (Å²) in [6, 6.07) is 19.2. The number of aromatic nitrogens is 2. The fraction of sp³-hybridized carbons (Fsp3) is 0.310. The van der Waals surface area contributed by atoms with E-state index in [0.29, 0.717) is 17.7 Å². The lowest BCUT2D eigenvalue weighted by Crippen LogP contribution is -2.06. The van der Waals surface area contributed by atoms with Crippen molar-refractivity contribution < 1.29 is 19.7 Å². The number of benzene rings is 3. The van der Waals surface area contributed by atoms with E-state index < -0.39 is 5.97 Å². The Balaban J connectivity index is 1.41. The number of aliphatic carboxylic acids is 1. The molecule has 1 fully saturated rings. The van der Waals surface area contributed by atoms with Gasteiger partial charge in [-0.3, -0.25) is 9.48 Å². The molecule has 4 aromatic rings. The molecule has 1 aliphatic rings. The van der Waals surface area contributed by atoms with Gasteiger partial charge in [-0.25, -0.2) is 0 Å².